The van der Waals surface area contributed by atoms with Crippen molar-refractivity contribution in [2.24, 2.45) is 10.9 Å². The standard InChI is InChI=1S/C11H15ClFN3O/c1-2-16(7-11(14)15-17)6-8-3-4-9(12)5-10(8)13/h3-5,17H,2,6-7H2,1H3,(H2,14,15). The molecule has 0 aliphatic heterocycles. The van der Waals surface area contributed by atoms with Gasteiger partial charge in [-0.05, 0) is 18.7 Å². The van der Waals surface area contributed by atoms with Gasteiger partial charge < -0.3 is 10.9 Å². The van der Waals surface area contributed by atoms with Gasteiger partial charge in [0, 0.05) is 17.1 Å². The van der Waals surface area contributed by atoms with E-state index in [4.69, 9.17) is 22.5 Å². The molecule has 0 saturated heterocycles. The summed E-state index contributed by atoms with van der Waals surface area (Å²) in [6, 6.07) is 4.54. The van der Waals surface area contributed by atoms with Crippen LogP contribution in [0.3, 0.4) is 0 Å². The quantitative estimate of drug-likeness (QED) is 0.368. The van der Waals surface area contributed by atoms with Crippen LogP contribution in [0.25, 0.3) is 0 Å². The fourth-order valence-electron chi connectivity index (χ4n) is 1.43. The lowest BCUT2D eigenvalue weighted by atomic mass is 10.2. The molecule has 4 nitrogen and oxygen atoms in total. The summed E-state index contributed by atoms with van der Waals surface area (Å²) >= 11 is 5.67. The summed E-state index contributed by atoms with van der Waals surface area (Å²) in [5.41, 5.74) is 5.94. The topological polar surface area (TPSA) is 61.8 Å². The van der Waals surface area contributed by atoms with Gasteiger partial charge in [0.25, 0.3) is 0 Å². The van der Waals surface area contributed by atoms with Crippen LogP contribution in [0.5, 0.6) is 0 Å². The van der Waals surface area contributed by atoms with Crippen LogP contribution in [0, 0.1) is 5.82 Å². The van der Waals surface area contributed by atoms with Gasteiger partial charge in [0.2, 0.25) is 0 Å². The summed E-state index contributed by atoms with van der Waals surface area (Å²) in [7, 11) is 0. The van der Waals surface area contributed by atoms with Crippen LogP contribution < -0.4 is 5.73 Å². The summed E-state index contributed by atoms with van der Waals surface area (Å²) in [5, 5.41) is 11.7. The molecule has 0 aromatic heterocycles. The molecule has 0 spiro atoms. The minimum Gasteiger partial charge on any atom is -0.409 e. The minimum absolute atomic E-state index is 0.0984. The first-order valence-corrected chi connectivity index (χ1v) is 5.57. The first-order valence-electron chi connectivity index (χ1n) is 5.19. The predicted molar refractivity (Wildman–Crippen MR) is 65.8 cm³/mol. The molecule has 0 fully saturated rings. The number of oxime groups is 1. The molecule has 0 heterocycles. The van der Waals surface area contributed by atoms with Gasteiger partial charge in [0.15, 0.2) is 5.84 Å². The number of nitrogens with two attached hydrogens (primary N) is 1. The Morgan fingerprint density at radius 2 is 2.29 bits per heavy atom. The van der Waals surface area contributed by atoms with Crippen LogP contribution in [0.2, 0.25) is 5.02 Å². The average Bonchev–Trinajstić information content (AvgIpc) is 2.31. The Labute approximate surface area is 104 Å². The summed E-state index contributed by atoms with van der Waals surface area (Å²) in [6.45, 7) is 3.25. The van der Waals surface area contributed by atoms with E-state index in [1.54, 1.807) is 12.1 Å². The van der Waals surface area contributed by atoms with Crippen molar-refractivity contribution < 1.29 is 9.60 Å². The van der Waals surface area contributed by atoms with Crippen molar-refractivity contribution in [2.75, 3.05) is 13.1 Å². The first-order chi connectivity index (χ1) is 8.06. The maximum atomic E-state index is 13.5. The minimum atomic E-state index is -0.351. The predicted octanol–water partition coefficient (Wildman–Crippen LogP) is 2.05. The zero-order chi connectivity index (χ0) is 12.8. The molecule has 0 radical (unpaired) electrons. The van der Waals surface area contributed by atoms with Crippen molar-refractivity contribution in [1.82, 2.24) is 4.90 Å². The van der Waals surface area contributed by atoms with Crippen molar-refractivity contribution in [3.63, 3.8) is 0 Å². The van der Waals surface area contributed by atoms with Gasteiger partial charge in [0.05, 0.1) is 6.54 Å². The number of hydrogen-bond donors (Lipinski definition) is 2. The molecular weight excluding hydrogens is 245 g/mol. The molecule has 0 amide bonds. The summed E-state index contributed by atoms with van der Waals surface area (Å²) in [5.74, 6) is -0.253. The number of halogens is 2. The third kappa shape index (κ3) is 4.20. The normalized spacial score (nSPS) is 12.1. The second-order valence-electron chi connectivity index (χ2n) is 3.63. The lowest BCUT2D eigenvalue weighted by Gasteiger charge is -2.19. The third-order valence-electron chi connectivity index (χ3n) is 2.37. The fraction of sp³-hybridized carbons (Fsp3) is 0.364. The number of nitrogens with zero attached hydrogens (tertiary/aromatic N) is 2. The zero-order valence-electron chi connectivity index (χ0n) is 9.53. The monoisotopic (exact) mass is 259 g/mol. The van der Waals surface area contributed by atoms with Crippen LogP contribution in [-0.4, -0.2) is 29.0 Å². The van der Waals surface area contributed by atoms with E-state index in [0.29, 0.717) is 23.7 Å². The van der Waals surface area contributed by atoms with Crippen LogP contribution in [0.4, 0.5) is 4.39 Å². The largest absolute Gasteiger partial charge is 0.409 e. The van der Waals surface area contributed by atoms with E-state index in [1.165, 1.54) is 6.07 Å². The van der Waals surface area contributed by atoms with Crippen LogP contribution >= 0.6 is 11.6 Å². The molecule has 0 aliphatic rings. The Hall–Kier alpha value is -1.33. The van der Waals surface area contributed by atoms with E-state index >= 15 is 0 Å². The second-order valence-corrected chi connectivity index (χ2v) is 4.07. The van der Waals surface area contributed by atoms with Crippen molar-refractivity contribution in [3.05, 3.63) is 34.6 Å². The van der Waals surface area contributed by atoms with E-state index in [1.807, 2.05) is 11.8 Å². The third-order valence-corrected chi connectivity index (χ3v) is 2.61. The van der Waals surface area contributed by atoms with E-state index in [2.05, 4.69) is 5.16 Å². The molecule has 0 unspecified atom stereocenters. The van der Waals surface area contributed by atoms with Crippen LogP contribution in [-0.2, 0) is 6.54 Å². The van der Waals surface area contributed by atoms with Gasteiger partial charge in [-0.25, -0.2) is 4.39 Å². The second kappa shape index (κ2) is 6.42. The van der Waals surface area contributed by atoms with E-state index in [0.717, 1.165) is 0 Å². The Balaban J connectivity index is 2.73. The first kappa shape index (κ1) is 13.7. The fourth-order valence-corrected chi connectivity index (χ4v) is 1.59. The van der Waals surface area contributed by atoms with Gasteiger partial charge in [0.1, 0.15) is 5.82 Å². The maximum Gasteiger partial charge on any atom is 0.153 e. The Morgan fingerprint density at radius 1 is 1.59 bits per heavy atom. The van der Waals surface area contributed by atoms with Crippen molar-refractivity contribution >= 4 is 17.4 Å². The highest BCUT2D eigenvalue weighted by atomic mass is 35.5. The van der Waals surface area contributed by atoms with Gasteiger partial charge in [-0.15, -0.1) is 0 Å². The lowest BCUT2D eigenvalue weighted by Crippen LogP contribution is -2.33. The van der Waals surface area contributed by atoms with Crippen molar-refractivity contribution in [3.8, 4) is 0 Å². The molecule has 6 heteroatoms. The zero-order valence-corrected chi connectivity index (χ0v) is 10.3. The van der Waals surface area contributed by atoms with Gasteiger partial charge in [-0.2, -0.15) is 0 Å². The van der Waals surface area contributed by atoms with E-state index < -0.39 is 0 Å². The molecule has 3 N–H and O–H groups in total. The van der Waals surface area contributed by atoms with Gasteiger partial charge in [-0.3, -0.25) is 4.90 Å². The molecule has 1 aromatic carbocycles. The smallest absolute Gasteiger partial charge is 0.153 e. The molecule has 0 saturated carbocycles. The molecule has 0 bridgehead atoms. The summed E-state index contributed by atoms with van der Waals surface area (Å²) in [4.78, 5) is 1.85. The van der Waals surface area contributed by atoms with Crippen LogP contribution in [0.15, 0.2) is 23.4 Å². The van der Waals surface area contributed by atoms with Crippen LogP contribution in [0.1, 0.15) is 12.5 Å². The molecule has 1 rings (SSSR count). The summed E-state index contributed by atoms with van der Waals surface area (Å²) < 4.78 is 13.5. The van der Waals surface area contributed by atoms with E-state index in [9.17, 15) is 4.39 Å². The number of amidine groups is 1. The number of rotatable bonds is 5. The van der Waals surface area contributed by atoms with E-state index in [-0.39, 0.29) is 18.2 Å². The number of likely N-dealkylation sites (N-methyl/N-ethyl adjacent to an activating group) is 1. The lowest BCUT2D eigenvalue weighted by molar-refractivity contribution is 0.292. The van der Waals surface area contributed by atoms with Crippen molar-refractivity contribution in [1.29, 1.82) is 0 Å². The molecule has 0 atom stereocenters. The number of hydrogen-bond acceptors (Lipinski definition) is 3. The molecule has 0 aliphatic carbocycles. The molecular formula is C11H15ClFN3O. The maximum absolute atomic E-state index is 13.5. The van der Waals surface area contributed by atoms with Crippen molar-refractivity contribution in [2.45, 2.75) is 13.5 Å². The highest BCUT2D eigenvalue weighted by molar-refractivity contribution is 6.30. The average molecular weight is 260 g/mol. The summed E-state index contributed by atoms with van der Waals surface area (Å²) in [6.07, 6.45) is 0. The number of benzene rings is 1. The molecule has 94 valence electrons. The Kier molecular flexibility index (Phi) is 5.18. The highest BCUT2D eigenvalue weighted by Crippen LogP contribution is 2.16. The Bertz CT molecular complexity index is 412. The van der Waals surface area contributed by atoms with Gasteiger partial charge >= 0.3 is 0 Å². The highest BCUT2D eigenvalue weighted by Gasteiger charge is 2.09. The molecule has 17 heavy (non-hydrogen) atoms. The Morgan fingerprint density at radius 3 is 2.82 bits per heavy atom. The SMILES string of the molecule is CCN(C/C(N)=N/O)Cc1ccc(Cl)cc1F. The van der Waals surface area contributed by atoms with Gasteiger partial charge in [-0.1, -0.05) is 29.7 Å². The molecule has 1 aromatic rings.